The molecule has 0 aromatic carbocycles. The van der Waals surface area contributed by atoms with E-state index in [0.717, 1.165) is 0 Å². The summed E-state index contributed by atoms with van der Waals surface area (Å²) < 4.78 is 1.94. The molecule has 3 unspecified atom stereocenters. The lowest BCUT2D eigenvalue weighted by Gasteiger charge is -2.35. The molecule has 4 heteroatoms. The van der Waals surface area contributed by atoms with Crippen LogP contribution in [0.3, 0.4) is 0 Å². The monoisotopic (exact) mass is 250 g/mol. The van der Waals surface area contributed by atoms with Crippen LogP contribution in [-0.4, -0.2) is 33.3 Å². The molecular formula is C14H26N4. The van der Waals surface area contributed by atoms with Crippen molar-refractivity contribution in [3.63, 3.8) is 0 Å². The summed E-state index contributed by atoms with van der Waals surface area (Å²) in [6.07, 6.45) is 5.78. The van der Waals surface area contributed by atoms with E-state index in [4.69, 9.17) is 5.73 Å². The summed E-state index contributed by atoms with van der Waals surface area (Å²) in [5, 5.41) is 4.37. The summed E-state index contributed by atoms with van der Waals surface area (Å²) in [5.41, 5.74) is 8.60. The van der Waals surface area contributed by atoms with Crippen molar-refractivity contribution in [2.24, 2.45) is 12.8 Å². The zero-order valence-electron chi connectivity index (χ0n) is 12.1. The summed E-state index contributed by atoms with van der Waals surface area (Å²) in [7, 11) is 2.00. The molecule has 1 aromatic rings. The molecule has 0 aliphatic carbocycles. The van der Waals surface area contributed by atoms with Crippen molar-refractivity contribution in [1.29, 1.82) is 0 Å². The van der Waals surface area contributed by atoms with E-state index in [1.807, 2.05) is 17.9 Å². The van der Waals surface area contributed by atoms with Crippen LogP contribution in [0.25, 0.3) is 0 Å². The molecule has 1 aliphatic heterocycles. The fourth-order valence-corrected chi connectivity index (χ4v) is 3.32. The van der Waals surface area contributed by atoms with Gasteiger partial charge in [0, 0.05) is 36.9 Å². The molecule has 18 heavy (non-hydrogen) atoms. The Morgan fingerprint density at radius 2 is 2.22 bits per heavy atom. The Kier molecular flexibility index (Phi) is 4.07. The maximum absolute atomic E-state index is 6.06. The number of nitrogens with zero attached hydrogens (tertiary/aromatic N) is 3. The van der Waals surface area contributed by atoms with Gasteiger partial charge < -0.3 is 5.73 Å². The number of rotatable bonds is 4. The van der Waals surface area contributed by atoms with Gasteiger partial charge in [-0.05, 0) is 33.1 Å². The van der Waals surface area contributed by atoms with E-state index < -0.39 is 0 Å². The molecule has 1 fully saturated rings. The van der Waals surface area contributed by atoms with Crippen LogP contribution in [0, 0.1) is 6.92 Å². The van der Waals surface area contributed by atoms with Gasteiger partial charge in [-0.15, -0.1) is 0 Å². The van der Waals surface area contributed by atoms with Gasteiger partial charge in [-0.1, -0.05) is 6.92 Å². The lowest BCUT2D eigenvalue weighted by Crippen LogP contribution is -2.41. The van der Waals surface area contributed by atoms with Crippen LogP contribution < -0.4 is 5.73 Å². The molecule has 0 spiro atoms. The molecule has 0 saturated carbocycles. The van der Waals surface area contributed by atoms with E-state index in [-0.39, 0.29) is 0 Å². The van der Waals surface area contributed by atoms with E-state index in [9.17, 15) is 0 Å². The molecule has 1 aromatic heterocycles. The lowest BCUT2D eigenvalue weighted by atomic mass is 10.0. The zero-order valence-corrected chi connectivity index (χ0v) is 12.1. The minimum absolute atomic E-state index is 0.321. The van der Waals surface area contributed by atoms with E-state index in [0.29, 0.717) is 24.7 Å². The molecule has 1 saturated heterocycles. The highest BCUT2D eigenvalue weighted by Crippen LogP contribution is 2.35. The summed E-state index contributed by atoms with van der Waals surface area (Å²) >= 11 is 0. The predicted octanol–water partition coefficient (Wildman–Crippen LogP) is 1.99. The summed E-state index contributed by atoms with van der Waals surface area (Å²) in [6, 6.07) is 1.62. The number of hydrogen-bond donors (Lipinski definition) is 1. The number of aromatic nitrogens is 2. The van der Waals surface area contributed by atoms with Crippen LogP contribution in [0.15, 0.2) is 6.20 Å². The maximum atomic E-state index is 6.06. The second-order valence-corrected chi connectivity index (χ2v) is 5.50. The zero-order chi connectivity index (χ0) is 13.3. The smallest absolute Gasteiger partial charge is 0.0540 e. The van der Waals surface area contributed by atoms with Crippen molar-refractivity contribution >= 4 is 0 Å². The molecule has 0 amide bonds. The topological polar surface area (TPSA) is 47.1 Å². The van der Waals surface area contributed by atoms with Gasteiger partial charge in [0.2, 0.25) is 0 Å². The Hall–Kier alpha value is -0.870. The summed E-state index contributed by atoms with van der Waals surface area (Å²) in [5.74, 6) is 0. The van der Waals surface area contributed by atoms with Crippen molar-refractivity contribution in [3.8, 4) is 0 Å². The predicted molar refractivity (Wildman–Crippen MR) is 74.4 cm³/mol. The Labute approximate surface area is 110 Å². The second-order valence-electron chi connectivity index (χ2n) is 5.50. The van der Waals surface area contributed by atoms with Gasteiger partial charge in [-0.25, -0.2) is 0 Å². The third kappa shape index (κ3) is 2.19. The average Bonchev–Trinajstić information content (AvgIpc) is 2.89. The van der Waals surface area contributed by atoms with Crippen LogP contribution in [0.5, 0.6) is 0 Å². The maximum Gasteiger partial charge on any atom is 0.0540 e. The van der Waals surface area contributed by atoms with Crippen molar-refractivity contribution in [2.75, 3.05) is 6.54 Å². The van der Waals surface area contributed by atoms with Crippen LogP contribution in [0.1, 0.15) is 50.4 Å². The number of aryl methyl sites for hydroxylation is 1. The first-order valence-electron chi connectivity index (χ1n) is 7.06. The first-order valence-corrected chi connectivity index (χ1v) is 7.06. The summed E-state index contributed by atoms with van der Waals surface area (Å²) in [6.45, 7) is 7.41. The highest BCUT2D eigenvalue weighted by molar-refractivity contribution is 5.22. The largest absolute Gasteiger partial charge is 0.329 e. The third-order valence-electron chi connectivity index (χ3n) is 4.53. The number of likely N-dealkylation sites (tertiary alicyclic amines) is 1. The number of nitrogens with two attached hydrogens (primary N) is 1. The Morgan fingerprint density at radius 1 is 1.50 bits per heavy atom. The molecule has 2 rings (SSSR count). The van der Waals surface area contributed by atoms with Gasteiger partial charge >= 0.3 is 0 Å². The fraction of sp³-hybridized carbons (Fsp3) is 0.786. The minimum Gasteiger partial charge on any atom is -0.329 e. The number of hydrogen-bond acceptors (Lipinski definition) is 3. The van der Waals surface area contributed by atoms with Gasteiger partial charge in [0.1, 0.15) is 0 Å². The van der Waals surface area contributed by atoms with Crippen LogP contribution in [0.4, 0.5) is 0 Å². The molecule has 0 radical (unpaired) electrons. The SMILES string of the molecule is CCC1CCC(C)N1C(CN)c1cnn(C)c1C. The van der Waals surface area contributed by atoms with Gasteiger partial charge in [-0.3, -0.25) is 9.58 Å². The molecule has 3 atom stereocenters. The average molecular weight is 250 g/mol. The standard InChI is InChI=1S/C14H26N4/c1-5-12-7-6-10(2)18(12)14(8-15)13-9-16-17(4)11(13)3/h9-10,12,14H,5-8,15H2,1-4H3. The molecule has 102 valence electrons. The Bertz CT molecular complexity index is 398. The molecule has 1 aliphatic rings. The first-order chi connectivity index (χ1) is 8.60. The van der Waals surface area contributed by atoms with E-state index in [1.165, 1.54) is 30.5 Å². The van der Waals surface area contributed by atoms with E-state index in [2.05, 4.69) is 30.8 Å². The van der Waals surface area contributed by atoms with Crippen molar-refractivity contribution in [1.82, 2.24) is 14.7 Å². The normalized spacial score (nSPS) is 26.7. The highest BCUT2D eigenvalue weighted by atomic mass is 15.3. The summed E-state index contributed by atoms with van der Waals surface area (Å²) in [4.78, 5) is 2.62. The van der Waals surface area contributed by atoms with Crippen molar-refractivity contribution in [3.05, 3.63) is 17.5 Å². The second kappa shape index (κ2) is 5.41. The van der Waals surface area contributed by atoms with Gasteiger partial charge in [0.25, 0.3) is 0 Å². The van der Waals surface area contributed by atoms with Crippen LogP contribution in [0.2, 0.25) is 0 Å². The van der Waals surface area contributed by atoms with Gasteiger partial charge in [0.15, 0.2) is 0 Å². The van der Waals surface area contributed by atoms with Gasteiger partial charge in [0.05, 0.1) is 12.2 Å². The molecular weight excluding hydrogens is 224 g/mol. The van der Waals surface area contributed by atoms with Crippen molar-refractivity contribution < 1.29 is 0 Å². The lowest BCUT2D eigenvalue weighted by molar-refractivity contribution is 0.136. The first kappa shape index (κ1) is 13.6. The highest BCUT2D eigenvalue weighted by Gasteiger charge is 2.35. The van der Waals surface area contributed by atoms with Crippen LogP contribution >= 0.6 is 0 Å². The molecule has 2 heterocycles. The minimum atomic E-state index is 0.321. The Morgan fingerprint density at radius 3 is 2.72 bits per heavy atom. The van der Waals surface area contributed by atoms with E-state index in [1.54, 1.807) is 0 Å². The van der Waals surface area contributed by atoms with Crippen LogP contribution in [-0.2, 0) is 7.05 Å². The molecule has 2 N–H and O–H groups in total. The van der Waals surface area contributed by atoms with Gasteiger partial charge in [-0.2, -0.15) is 5.10 Å². The van der Waals surface area contributed by atoms with E-state index >= 15 is 0 Å². The third-order valence-corrected chi connectivity index (χ3v) is 4.53. The molecule has 4 nitrogen and oxygen atoms in total. The quantitative estimate of drug-likeness (QED) is 0.889. The van der Waals surface area contributed by atoms with Crippen molar-refractivity contribution in [2.45, 2.75) is 58.2 Å². The fourth-order valence-electron chi connectivity index (χ4n) is 3.32. The molecule has 0 bridgehead atoms. The Balaban J connectivity index is 2.30.